The molecule has 0 spiro atoms. The molecule has 1 rings (SSSR count). The lowest BCUT2D eigenvalue weighted by Gasteiger charge is -2.04. The predicted octanol–water partition coefficient (Wildman–Crippen LogP) is 1.77. The number of oxime groups is 1. The van der Waals surface area contributed by atoms with E-state index in [9.17, 15) is 5.11 Å². The lowest BCUT2D eigenvalue weighted by Crippen LogP contribution is -1.95. The highest BCUT2D eigenvalue weighted by Gasteiger charge is 2.04. The Bertz CT molecular complexity index is 375. The number of aromatic hydroxyl groups is 1. The second kappa shape index (κ2) is 5.64. The van der Waals surface area contributed by atoms with Crippen LogP contribution in [-0.2, 0) is 0 Å². The van der Waals surface area contributed by atoms with Crippen LogP contribution in [0.3, 0.4) is 0 Å². The van der Waals surface area contributed by atoms with E-state index in [2.05, 4.69) is 15.5 Å². The van der Waals surface area contributed by atoms with Gasteiger partial charge in [0.2, 0.25) is 0 Å². The molecule has 0 unspecified atom stereocenters. The molecule has 0 aliphatic heterocycles. The maximum absolute atomic E-state index is 9.17. The smallest absolute Gasteiger partial charge is 0.272 e. The van der Waals surface area contributed by atoms with Gasteiger partial charge in [-0.2, -0.15) is 0 Å². The molecule has 1 aromatic heterocycles. The van der Waals surface area contributed by atoms with Gasteiger partial charge in [-0.1, -0.05) is 11.2 Å². The topological polar surface area (TPSA) is 66.7 Å². The number of allylic oxidation sites excluding steroid dienone is 2. The summed E-state index contributed by atoms with van der Waals surface area (Å²) in [6.45, 7) is 1.88. The van der Waals surface area contributed by atoms with Crippen LogP contribution in [0, 0.1) is 0 Å². The second-order valence-electron chi connectivity index (χ2n) is 2.67. The number of hydrogen-bond acceptors (Lipinski definition) is 5. The molecule has 0 fully saturated rings. The van der Waals surface area contributed by atoms with Crippen molar-refractivity contribution in [2.75, 3.05) is 12.4 Å². The quantitative estimate of drug-likeness (QED) is 0.583. The Labute approximate surface area is 88.1 Å². The molecule has 1 heterocycles. The standard InChI is InChI=1S/C10H13N3O2/c1-3-4-5-13-15-10-9(11-2)6-8(14)7-12-10/h3-7,11,14H,1-2H3/b4-3-,13-5?. The van der Waals surface area contributed by atoms with E-state index in [1.165, 1.54) is 18.5 Å². The van der Waals surface area contributed by atoms with Crippen LogP contribution in [0.1, 0.15) is 6.92 Å². The van der Waals surface area contributed by atoms with E-state index in [0.29, 0.717) is 11.6 Å². The highest BCUT2D eigenvalue weighted by molar-refractivity contribution is 5.70. The van der Waals surface area contributed by atoms with Gasteiger partial charge in [0.05, 0.1) is 12.4 Å². The van der Waals surface area contributed by atoms with Crippen molar-refractivity contribution >= 4 is 11.9 Å². The summed E-state index contributed by atoms with van der Waals surface area (Å²) in [5, 5.41) is 15.7. The summed E-state index contributed by atoms with van der Waals surface area (Å²) in [6, 6.07) is 1.51. The van der Waals surface area contributed by atoms with Crippen LogP contribution in [0.4, 0.5) is 5.69 Å². The van der Waals surface area contributed by atoms with Crippen molar-refractivity contribution in [3.63, 3.8) is 0 Å². The Morgan fingerprint density at radius 1 is 1.60 bits per heavy atom. The normalized spacial score (nSPS) is 11.1. The molecule has 1 aromatic rings. The Balaban J connectivity index is 2.76. The van der Waals surface area contributed by atoms with Crippen LogP contribution in [0.5, 0.6) is 11.6 Å². The van der Waals surface area contributed by atoms with Crippen molar-refractivity contribution in [2.24, 2.45) is 5.16 Å². The van der Waals surface area contributed by atoms with Crippen LogP contribution < -0.4 is 10.2 Å². The average molecular weight is 207 g/mol. The molecule has 0 aromatic carbocycles. The number of anilines is 1. The largest absolute Gasteiger partial charge is 0.506 e. The lowest BCUT2D eigenvalue weighted by molar-refractivity contribution is 0.330. The summed E-state index contributed by atoms with van der Waals surface area (Å²) >= 11 is 0. The van der Waals surface area contributed by atoms with Crippen molar-refractivity contribution in [3.05, 3.63) is 24.4 Å². The van der Waals surface area contributed by atoms with Crippen molar-refractivity contribution in [1.82, 2.24) is 4.98 Å². The Morgan fingerprint density at radius 2 is 2.40 bits per heavy atom. The highest BCUT2D eigenvalue weighted by Crippen LogP contribution is 2.24. The van der Waals surface area contributed by atoms with E-state index < -0.39 is 0 Å². The van der Waals surface area contributed by atoms with Crippen molar-refractivity contribution in [1.29, 1.82) is 0 Å². The molecule has 0 saturated heterocycles. The van der Waals surface area contributed by atoms with E-state index in [1.54, 1.807) is 13.1 Å². The van der Waals surface area contributed by atoms with Crippen molar-refractivity contribution < 1.29 is 9.94 Å². The Kier molecular flexibility index (Phi) is 4.15. The zero-order chi connectivity index (χ0) is 11.1. The molecule has 5 heteroatoms. The second-order valence-corrected chi connectivity index (χ2v) is 2.67. The number of rotatable bonds is 4. The minimum Gasteiger partial charge on any atom is -0.506 e. The van der Waals surface area contributed by atoms with Crippen LogP contribution >= 0.6 is 0 Å². The molecule has 0 aliphatic carbocycles. The third-order valence-corrected chi connectivity index (χ3v) is 1.58. The SMILES string of the molecule is C/C=C\C=NOc1ncc(O)cc1NC. The number of aromatic nitrogens is 1. The molecular formula is C10H13N3O2. The number of nitrogens with zero attached hydrogens (tertiary/aromatic N) is 2. The van der Waals surface area contributed by atoms with Gasteiger partial charge in [-0.05, 0) is 13.0 Å². The fourth-order valence-corrected chi connectivity index (χ4v) is 0.895. The van der Waals surface area contributed by atoms with Gasteiger partial charge in [-0.25, -0.2) is 4.98 Å². The maximum Gasteiger partial charge on any atom is 0.272 e. The zero-order valence-electron chi connectivity index (χ0n) is 8.64. The molecule has 0 amide bonds. The predicted molar refractivity (Wildman–Crippen MR) is 59.4 cm³/mol. The van der Waals surface area contributed by atoms with E-state index in [-0.39, 0.29) is 5.75 Å². The Morgan fingerprint density at radius 3 is 3.07 bits per heavy atom. The van der Waals surface area contributed by atoms with Gasteiger partial charge < -0.3 is 15.3 Å². The van der Waals surface area contributed by atoms with E-state index >= 15 is 0 Å². The van der Waals surface area contributed by atoms with Crippen LogP contribution in [-0.4, -0.2) is 23.4 Å². The van der Waals surface area contributed by atoms with E-state index in [0.717, 1.165) is 0 Å². The molecule has 0 radical (unpaired) electrons. The molecular weight excluding hydrogens is 194 g/mol. The van der Waals surface area contributed by atoms with Gasteiger partial charge in [0.25, 0.3) is 5.88 Å². The fraction of sp³-hybridized carbons (Fsp3) is 0.200. The summed E-state index contributed by atoms with van der Waals surface area (Å²) in [5.41, 5.74) is 0.577. The van der Waals surface area contributed by atoms with Crippen molar-refractivity contribution in [2.45, 2.75) is 6.92 Å². The highest BCUT2D eigenvalue weighted by atomic mass is 16.6. The first-order chi connectivity index (χ1) is 7.27. The monoisotopic (exact) mass is 207 g/mol. The number of nitrogens with one attached hydrogen (secondary N) is 1. The van der Waals surface area contributed by atoms with Gasteiger partial charge in [0, 0.05) is 13.1 Å². The van der Waals surface area contributed by atoms with Gasteiger partial charge in [-0.15, -0.1) is 0 Å². The molecule has 15 heavy (non-hydrogen) atoms. The minimum absolute atomic E-state index is 0.0733. The third-order valence-electron chi connectivity index (χ3n) is 1.58. The van der Waals surface area contributed by atoms with E-state index in [1.807, 2.05) is 13.0 Å². The lowest BCUT2D eigenvalue weighted by atomic mass is 10.4. The number of pyridine rings is 1. The first kappa shape index (κ1) is 11.0. The van der Waals surface area contributed by atoms with Crippen LogP contribution in [0.25, 0.3) is 0 Å². The molecule has 80 valence electrons. The van der Waals surface area contributed by atoms with Crippen molar-refractivity contribution in [3.8, 4) is 11.6 Å². The molecule has 0 atom stereocenters. The fourth-order valence-electron chi connectivity index (χ4n) is 0.895. The molecule has 0 bridgehead atoms. The maximum atomic E-state index is 9.17. The molecule has 5 nitrogen and oxygen atoms in total. The minimum atomic E-state index is 0.0733. The van der Waals surface area contributed by atoms with Gasteiger partial charge >= 0.3 is 0 Å². The Hall–Kier alpha value is -2.04. The average Bonchev–Trinajstić information content (AvgIpc) is 2.26. The first-order valence-electron chi connectivity index (χ1n) is 4.46. The number of hydrogen-bond donors (Lipinski definition) is 2. The molecule has 0 saturated carbocycles. The summed E-state index contributed by atoms with van der Waals surface area (Å²) in [7, 11) is 1.71. The van der Waals surface area contributed by atoms with Crippen LogP contribution in [0.15, 0.2) is 29.6 Å². The summed E-state index contributed by atoms with van der Waals surface area (Å²) in [6.07, 6.45) is 6.37. The van der Waals surface area contributed by atoms with Gasteiger partial charge in [-0.3, -0.25) is 0 Å². The molecule has 0 aliphatic rings. The molecule has 2 N–H and O–H groups in total. The van der Waals surface area contributed by atoms with Gasteiger partial charge in [0.15, 0.2) is 0 Å². The van der Waals surface area contributed by atoms with Gasteiger partial charge in [0.1, 0.15) is 11.4 Å². The van der Waals surface area contributed by atoms with E-state index in [4.69, 9.17) is 4.84 Å². The zero-order valence-corrected chi connectivity index (χ0v) is 8.64. The third kappa shape index (κ3) is 3.30. The first-order valence-corrected chi connectivity index (χ1v) is 4.46. The van der Waals surface area contributed by atoms with Crippen LogP contribution in [0.2, 0.25) is 0 Å². The summed E-state index contributed by atoms with van der Waals surface area (Å²) < 4.78 is 0. The summed E-state index contributed by atoms with van der Waals surface area (Å²) in [5.74, 6) is 0.389. The summed E-state index contributed by atoms with van der Waals surface area (Å²) in [4.78, 5) is 8.89.